The number of benzene rings is 1. The van der Waals surface area contributed by atoms with E-state index in [9.17, 15) is 13.6 Å². The van der Waals surface area contributed by atoms with Crippen molar-refractivity contribution in [2.75, 3.05) is 0 Å². The monoisotopic (exact) mass is 372 g/mol. The van der Waals surface area contributed by atoms with E-state index >= 15 is 0 Å². The van der Waals surface area contributed by atoms with Crippen molar-refractivity contribution < 1.29 is 22.5 Å². The van der Waals surface area contributed by atoms with Crippen LogP contribution in [-0.2, 0) is 13.1 Å². The molecule has 27 heavy (non-hydrogen) atoms. The van der Waals surface area contributed by atoms with E-state index in [1.165, 1.54) is 0 Å². The number of hydrogen-bond donors (Lipinski definition) is 0. The molecule has 0 unspecified atom stereocenters. The van der Waals surface area contributed by atoms with Crippen LogP contribution in [0.25, 0.3) is 11.5 Å². The molecule has 1 amide bonds. The van der Waals surface area contributed by atoms with Gasteiger partial charge >= 0.3 is 6.43 Å². The highest BCUT2D eigenvalue weighted by molar-refractivity contribution is 5.99. The molecule has 0 bridgehead atoms. The van der Waals surface area contributed by atoms with Crippen LogP contribution < -0.4 is 0 Å². The molecule has 0 radical (unpaired) electrons. The van der Waals surface area contributed by atoms with E-state index in [1.807, 2.05) is 6.07 Å². The van der Waals surface area contributed by atoms with Gasteiger partial charge in [-0.3, -0.25) is 4.79 Å². The second-order valence-corrected chi connectivity index (χ2v) is 6.77. The Morgan fingerprint density at radius 2 is 2.07 bits per heavy atom. The second-order valence-electron chi connectivity index (χ2n) is 6.77. The Morgan fingerprint density at radius 3 is 2.81 bits per heavy atom. The van der Waals surface area contributed by atoms with Crippen LogP contribution in [0.15, 0.2) is 33.2 Å². The number of fused-ring (bicyclic) bond motifs is 1. The van der Waals surface area contributed by atoms with Gasteiger partial charge in [-0.2, -0.15) is 8.78 Å². The van der Waals surface area contributed by atoms with Gasteiger partial charge < -0.3 is 13.8 Å². The zero-order valence-corrected chi connectivity index (χ0v) is 14.1. The van der Waals surface area contributed by atoms with E-state index in [0.29, 0.717) is 30.1 Å². The molecule has 0 saturated heterocycles. The number of rotatable bonds is 5. The first kappa shape index (κ1) is 16.1. The summed E-state index contributed by atoms with van der Waals surface area (Å²) in [4.78, 5) is 14.4. The first-order chi connectivity index (χ1) is 13.1. The summed E-state index contributed by atoms with van der Waals surface area (Å²) in [6.07, 6.45) is -0.594. The van der Waals surface area contributed by atoms with Gasteiger partial charge in [-0.05, 0) is 30.5 Å². The zero-order chi connectivity index (χ0) is 18.5. The Kier molecular flexibility index (Phi) is 3.56. The summed E-state index contributed by atoms with van der Waals surface area (Å²) in [6, 6.07) is 6.95. The third-order valence-corrected chi connectivity index (χ3v) is 4.77. The van der Waals surface area contributed by atoms with E-state index in [4.69, 9.17) is 8.94 Å². The number of carbonyl (C=O) groups is 1. The summed E-state index contributed by atoms with van der Waals surface area (Å²) in [5.74, 6) is 0.410. The molecule has 0 N–H and O–H groups in total. The van der Waals surface area contributed by atoms with Gasteiger partial charge in [0.15, 0.2) is 0 Å². The van der Waals surface area contributed by atoms with Crippen molar-refractivity contribution >= 4 is 5.91 Å². The topological polar surface area (TPSA) is 85.3 Å². The Morgan fingerprint density at radius 1 is 1.22 bits per heavy atom. The van der Waals surface area contributed by atoms with Gasteiger partial charge in [0, 0.05) is 29.7 Å². The molecular formula is C18H14F2N4O3. The van der Waals surface area contributed by atoms with Gasteiger partial charge in [-0.25, -0.2) is 0 Å². The molecule has 1 fully saturated rings. The average molecular weight is 372 g/mol. The largest absolute Gasteiger partial charge is 0.415 e. The maximum Gasteiger partial charge on any atom is 0.314 e. The van der Waals surface area contributed by atoms with Crippen LogP contribution in [-0.4, -0.2) is 26.2 Å². The maximum atomic E-state index is 12.7. The third kappa shape index (κ3) is 2.88. The van der Waals surface area contributed by atoms with Crippen LogP contribution in [0.4, 0.5) is 8.78 Å². The molecule has 3 aromatic rings. The van der Waals surface area contributed by atoms with E-state index in [2.05, 4.69) is 15.4 Å². The van der Waals surface area contributed by atoms with Gasteiger partial charge in [-0.1, -0.05) is 11.2 Å². The van der Waals surface area contributed by atoms with E-state index in [-0.39, 0.29) is 11.8 Å². The third-order valence-electron chi connectivity index (χ3n) is 4.77. The standard InChI is InChI=1S/C18H14F2N4O3/c19-15(20)17-22-21-16(26-17)10-3-4-11-7-24(18(25)13(11)5-10)8-12-6-14(27-23-12)9-1-2-9/h3-6,9,15H,1-2,7-8H2. The predicted octanol–water partition coefficient (Wildman–Crippen LogP) is 3.70. The van der Waals surface area contributed by atoms with Crippen molar-refractivity contribution in [1.29, 1.82) is 0 Å². The smallest absolute Gasteiger partial charge is 0.314 e. The molecular weight excluding hydrogens is 358 g/mol. The normalized spacial score (nSPS) is 16.4. The number of hydrogen-bond acceptors (Lipinski definition) is 6. The number of amides is 1. The molecule has 2 aliphatic rings. The Labute approximate surface area is 152 Å². The molecule has 138 valence electrons. The van der Waals surface area contributed by atoms with Crippen LogP contribution in [0, 0.1) is 0 Å². The molecule has 7 nitrogen and oxygen atoms in total. The first-order valence-electron chi connectivity index (χ1n) is 8.58. The fourth-order valence-corrected chi connectivity index (χ4v) is 3.22. The fourth-order valence-electron chi connectivity index (χ4n) is 3.22. The zero-order valence-electron chi connectivity index (χ0n) is 14.1. The van der Waals surface area contributed by atoms with Crippen LogP contribution in [0.3, 0.4) is 0 Å². The summed E-state index contributed by atoms with van der Waals surface area (Å²) in [6.45, 7) is 0.807. The SMILES string of the molecule is O=C1c2cc(-c3nnc(C(F)F)o3)ccc2CN1Cc1cc(C2CC2)on1. The first-order valence-corrected chi connectivity index (χ1v) is 8.58. The van der Waals surface area contributed by atoms with E-state index in [1.54, 1.807) is 23.1 Å². The van der Waals surface area contributed by atoms with Gasteiger partial charge in [0.05, 0.1) is 6.54 Å². The van der Waals surface area contributed by atoms with Gasteiger partial charge in [-0.15, -0.1) is 10.2 Å². The van der Waals surface area contributed by atoms with Crippen molar-refractivity contribution in [3.63, 3.8) is 0 Å². The lowest BCUT2D eigenvalue weighted by Gasteiger charge is -2.12. The minimum Gasteiger partial charge on any atom is -0.415 e. The molecule has 0 spiro atoms. The number of alkyl halides is 2. The Bertz CT molecular complexity index is 1030. The highest BCUT2D eigenvalue weighted by Gasteiger charge is 2.31. The van der Waals surface area contributed by atoms with E-state index < -0.39 is 12.3 Å². The van der Waals surface area contributed by atoms with Crippen molar-refractivity contribution in [3.05, 3.63) is 52.7 Å². The van der Waals surface area contributed by atoms with Crippen LogP contribution in [0.2, 0.25) is 0 Å². The molecule has 9 heteroatoms. The lowest BCUT2D eigenvalue weighted by atomic mass is 10.1. The van der Waals surface area contributed by atoms with Gasteiger partial charge in [0.25, 0.3) is 11.8 Å². The summed E-state index contributed by atoms with van der Waals surface area (Å²) in [7, 11) is 0. The van der Waals surface area contributed by atoms with Crippen LogP contribution >= 0.6 is 0 Å². The summed E-state index contributed by atoms with van der Waals surface area (Å²) < 4.78 is 35.5. The number of nitrogens with zero attached hydrogens (tertiary/aromatic N) is 4. The summed E-state index contributed by atoms with van der Waals surface area (Å²) in [5, 5.41) is 11.0. The van der Waals surface area contributed by atoms with Crippen molar-refractivity contribution in [2.45, 2.75) is 38.3 Å². The van der Waals surface area contributed by atoms with Crippen LogP contribution in [0.5, 0.6) is 0 Å². The van der Waals surface area contributed by atoms with Crippen molar-refractivity contribution in [2.24, 2.45) is 0 Å². The molecule has 5 rings (SSSR count). The Balaban J connectivity index is 1.36. The molecule has 1 saturated carbocycles. The molecule has 1 aliphatic carbocycles. The lowest BCUT2D eigenvalue weighted by Crippen LogP contribution is -2.23. The minimum atomic E-state index is -2.83. The second kappa shape index (κ2) is 5.97. The summed E-state index contributed by atoms with van der Waals surface area (Å²) in [5.41, 5.74) is 2.50. The quantitative estimate of drug-likeness (QED) is 0.679. The van der Waals surface area contributed by atoms with Crippen LogP contribution in [0.1, 0.15) is 58.5 Å². The maximum absolute atomic E-state index is 12.7. The highest BCUT2D eigenvalue weighted by Crippen LogP contribution is 2.40. The molecule has 2 aromatic heterocycles. The highest BCUT2D eigenvalue weighted by atomic mass is 19.3. The Hall–Kier alpha value is -3.10. The van der Waals surface area contributed by atoms with E-state index in [0.717, 1.165) is 29.9 Å². The average Bonchev–Trinajstić information content (AvgIpc) is 3.08. The van der Waals surface area contributed by atoms with Crippen molar-refractivity contribution in [1.82, 2.24) is 20.3 Å². The molecule has 3 heterocycles. The molecule has 0 atom stereocenters. The minimum absolute atomic E-state index is 0.0371. The number of aromatic nitrogens is 3. The van der Waals surface area contributed by atoms with Gasteiger partial charge in [0.1, 0.15) is 11.5 Å². The lowest BCUT2D eigenvalue weighted by molar-refractivity contribution is 0.0763. The van der Waals surface area contributed by atoms with Gasteiger partial charge in [0.2, 0.25) is 5.89 Å². The predicted molar refractivity (Wildman–Crippen MR) is 86.7 cm³/mol. The van der Waals surface area contributed by atoms with Crippen molar-refractivity contribution in [3.8, 4) is 11.5 Å². The molecule has 1 aromatic carbocycles. The number of carbonyl (C=O) groups excluding carboxylic acids is 1. The fraction of sp³-hybridized carbons (Fsp3) is 0.333. The molecule has 1 aliphatic heterocycles. The summed E-state index contributed by atoms with van der Waals surface area (Å²) >= 11 is 0. The number of halogens is 2.